The molecule has 0 aliphatic carbocycles. The molecule has 1 unspecified atom stereocenters. The van der Waals surface area contributed by atoms with E-state index < -0.39 is 5.41 Å². The van der Waals surface area contributed by atoms with Crippen molar-refractivity contribution in [2.75, 3.05) is 32.2 Å². The number of para-hydroxylation sites is 2. The molecule has 1 amide bonds. The first-order valence-electron chi connectivity index (χ1n) is 8.53. The van der Waals surface area contributed by atoms with Gasteiger partial charge in [0.05, 0.1) is 26.2 Å². The van der Waals surface area contributed by atoms with Gasteiger partial charge in [-0.15, -0.1) is 12.4 Å². The molecule has 2 aliphatic heterocycles. The van der Waals surface area contributed by atoms with Gasteiger partial charge in [-0.1, -0.05) is 30.3 Å². The van der Waals surface area contributed by atoms with Crippen LogP contribution >= 0.6 is 12.4 Å². The van der Waals surface area contributed by atoms with Crippen molar-refractivity contribution in [2.45, 2.75) is 18.4 Å². The number of ether oxygens (including phenoxy) is 2. The number of amides is 1. The van der Waals surface area contributed by atoms with Crippen LogP contribution in [0.15, 0.2) is 42.5 Å². The molecule has 0 bridgehead atoms. The summed E-state index contributed by atoms with van der Waals surface area (Å²) in [5.74, 6) is 1.53. The van der Waals surface area contributed by atoms with E-state index in [1.165, 1.54) is 0 Å². The Bertz CT molecular complexity index is 818. The maximum Gasteiger partial charge on any atom is 0.239 e. The monoisotopic (exact) mass is 374 g/mol. The third-order valence-electron chi connectivity index (χ3n) is 5.33. The average Bonchev–Trinajstić information content (AvgIpc) is 3.23. The third kappa shape index (κ3) is 2.63. The summed E-state index contributed by atoms with van der Waals surface area (Å²) in [7, 11) is 3.25. The Morgan fingerprint density at radius 3 is 2.62 bits per heavy atom. The van der Waals surface area contributed by atoms with Gasteiger partial charge < -0.3 is 19.7 Å². The van der Waals surface area contributed by atoms with E-state index in [0.29, 0.717) is 24.6 Å². The molecule has 6 heteroatoms. The highest BCUT2D eigenvalue weighted by molar-refractivity contribution is 6.08. The standard InChI is InChI=1S/C20H22N2O3.ClH/c1-24-17-9-5-6-14(18(17)25-2)12-22-16-8-4-3-7-15(16)20(19(22)23)10-11-21-13-20;/h3-9,21H,10-13H2,1-2H3;1H. The average molecular weight is 375 g/mol. The van der Waals surface area contributed by atoms with Crippen molar-refractivity contribution in [2.24, 2.45) is 0 Å². The van der Waals surface area contributed by atoms with Crippen LogP contribution in [0.1, 0.15) is 17.5 Å². The number of anilines is 1. The molecule has 26 heavy (non-hydrogen) atoms. The molecule has 4 rings (SSSR count). The van der Waals surface area contributed by atoms with Gasteiger partial charge in [-0.2, -0.15) is 0 Å². The zero-order valence-electron chi connectivity index (χ0n) is 15.0. The molecule has 138 valence electrons. The molecule has 0 radical (unpaired) electrons. The molecule has 1 fully saturated rings. The number of carbonyl (C=O) groups excluding carboxylic acids is 1. The Labute approximate surface area is 159 Å². The van der Waals surface area contributed by atoms with E-state index in [2.05, 4.69) is 11.4 Å². The van der Waals surface area contributed by atoms with E-state index in [0.717, 1.165) is 29.8 Å². The zero-order chi connectivity index (χ0) is 17.4. The predicted octanol–water partition coefficient (Wildman–Crippen LogP) is 2.90. The minimum atomic E-state index is -0.428. The highest BCUT2D eigenvalue weighted by Gasteiger charge is 2.52. The van der Waals surface area contributed by atoms with Crippen LogP contribution < -0.4 is 19.7 Å². The van der Waals surface area contributed by atoms with Crippen molar-refractivity contribution in [1.82, 2.24) is 5.32 Å². The number of rotatable bonds is 4. The van der Waals surface area contributed by atoms with Crippen LogP contribution in [0.4, 0.5) is 5.69 Å². The number of nitrogens with one attached hydrogen (secondary N) is 1. The summed E-state index contributed by atoms with van der Waals surface area (Å²) in [5.41, 5.74) is 2.64. The first-order valence-corrected chi connectivity index (χ1v) is 8.53. The third-order valence-corrected chi connectivity index (χ3v) is 5.33. The lowest BCUT2D eigenvalue weighted by molar-refractivity contribution is -0.122. The van der Waals surface area contributed by atoms with Gasteiger partial charge in [0.15, 0.2) is 11.5 Å². The molecule has 2 aromatic carbocycles. The first-order chi connectivity index (χ1) is 12.2. The van der Waals surface area contributed by atoms with Crippen LogP contribution in [-0.2, 0) is 16.8 Å². The number of nitrogens with zero attached hydrogens (tertiary/aromatic N) is 1. The van der Waals surface area contributed by atoms with Crippen molar-refractivity contribution in [1.29, 1.82) is 0 Å². The summed E-state index contributed by atoms with van der Waals surface area (Å²) < 4.78 is 10.9. The van der Waals surface area contributed by atoms with Crippen LogP contribution in [0.3, 0.4) is 0 Å². The Morgan fingerprint density at radius 1 is 1.12 bits per heavy atom. The van der Waals surface area contributed by atoms with E-state index in [-0.39, 0.29) is 18.3 Å². The molecule has 5 nitrogen and oxygen atoms in total. The Morgan fingerprint density at radius 2 is 1.92 bits per heavy atom. The maximum absolute atomic E-state index is 13.4. The molecule has 2 heterocycles. The minimum Gasteiger partial charge on any atom is -0.493 e. The number of hydrogen-bond acceptors (Lipinski definition) is 4. The van der Waals surface area contributed by atoms with Crippen molar-refractivity contribution in [3.05, 3.63) is 53.6 Å². The van der Waals surface area contributed by atoms with Crippen LogP contribution in [0.25, 0.3) is 0 Å². The number of fused-ring (bicyclic) bond motifs is 2. The summed E-state index contributed by atoms with van der Waals surface area (Å²) in [6.45, 7) is 2.04. The molecule has 1 saturated heterocycles. The normalized spacial score (nSPS) is 20.8. The maximum atomic E-state index is 13.4. The zero-order valence-corrected chi connectivity index (χ0v) is 15.8. The highest BCUT2D eigenvalue weighted by atomic mass is 35.5. The molecule has 1 atom stereocenters. The van der Waals surface area contributed by atoms with E-state index in [9.17, 15) is 4.79 Å². The largest absolute Gasteiger partial charge is 0.493 e. The van der Waals surface area contributed by atoms with Gasteiger partial charge in [-0.05, 0) is 30.7 Å². The van der Waals surface area contributed by atoms with Crippen LogP contribution in [0.2, 0.25) is 0 Å². The van der Waals surface area contributed by atoms with E-state index >= 15 is 0 Å². The molecule has 2 aromatic rings. The van der Waals surface area contributed by atoms with Crippen LogP contribution in [-0.4, -0.2) is 33.2 Å². The molecular weight excluding hydrogens is 352 g/mol. The Hall–Kier alpha value is -2.24. The van der Waals surface area contributed by atoms with Gasteiger partial charge in [-0.25, -0.2) is 0 Å². The van der Waals surface area contributed by atoms with E-state index in [1.807, 2.05) is 41.3 Å². The van der Waals surface area contributed by atoms with Crippen molar-refractivity contribution >= 4 is 24.0 Å². The Kier molecular flexibility index (Phi) is 5.12. The number of benzene rings is 2. The van der Waals surface area contributed by atoms with Crippen LogP contribution in [0.5, 0.6) is 11.5 Å². The molecule has 2 aliphatic rings. The SMILES string of the molecule is COc1cccc(CN2C(=O)C3(CCNC3)c3ccccc32)c1OC.Cl. The summed E-state index contributed by atoms with van der Waals surface area (Å²) in [4.78, 5) is 15.2. The highest BCUT2D eigenvalue weighted by Crippen LogP contribution is 2.46. The molecule has 1 N–H and O–H groups in total. The van der Waals surface area contributed by atoms with Crippen molar-refractivity contribution in [3.8, 4) is 11.5 Å². The first kappa shape index (κ1) is 18.5. The molecule has 1 spiro atoms. The van der Waals surface area contributed by atoms with Gasteiger partial charge in [0.2, 0.25) is 5.91 Å². The summed E-state index contributed by atoms with van der Waals surface area (Å²) in [6, 6.07) is 13.9. The molecular formula is C20H23ClN2O3. The summed E-state index contributed by atoms with van der Waals surface area (Å²) in [5, 5.41) is 3.36. The lowest BCUT2D eigenvalue weighted by atomic mass is 9.81. The number of carbonyl (C=O) groups is 1. The number of hydrogen-bond donors (Lipinski definition) is 1. The fourth-order valence-electron chi connectivity index (χ4n) is 4.11. The summed E-state index contributed by atoms with van der Waals surface area (Å²) in [6.07, 6.45) is 0.842. The fraction of sp³-hybridized carbons (Fsp3) is 0.350. The van der Waals surface area contributed by atoms with E-state index in [4.69, 9.17) is 9.47 Å². The lowest BCUT2D eigenvalue weighted by Gasteiger charge is -2.24. The van der Waals surface area contributed by atoms with Crippen LogP contribution in [0, 0.1) is 0 Å². The topological polar surface area (TPSA) is 50.8 Å². The fourth-order valence-corrected chi connectivity index (χ4v) is 4.11. The van der Waals surface area contributed by atoms with E-state index in [1.54, 1.807) is 14.2 Å². The molecule has 0 aromatic heterocycles. The van der Waals surface area contributed by atoms with Gasteiger partial charge in [-0.3, -0.25) is 4.79 Å². The van der Waals surface area contributed by atoms with Gasteiger partial charge in [0, 0.05) is 17.8 Å². The van der Waals surface area contributed by atoms with Gasteiger partial charge >= 0.3 is 0 Å². The number of methoxy groups -OCH3 is 2. The van der Waals surface area contributed by atoms with Gasteiger partial charge in [0.25, 0.3) is 0 Å². The predicted molar refractivity (Wildman–Crippen MR) is 104 cm³/mol. The molecule has 0 saturated carbocycles. The second kappa shape index (κ2) is 7.17. The van der Waals surface area contributed by atoms with Crippen molar-refractivity contribution in [3.63, 3.8) is 0 Å². The minimum absolute atomic E-state index is 0. The quantitative estimate of drug-likeness (QED) is 0.894. The summed E-state index contributed by atoms with van der Waals surface area (Å²) >= 11 is 0. The van der Waals surface area contributed by atoms with Crippen molar-refractivity contribution < 1.29 is 14.3 Å². The second-order valence-corrected chi connectivity index (χ2v) is 6.57. The smallest absolute Gasteiger partial charge is 0.239 e. The Balaban J connectivity index is 0.00000196. The second-order valence-electron chi connectivity index (χ2n) is 6.57. The van der Waals surface area contributed by atoms with Gasteiger partial charge in [0.1, 0.15) is 0 Å². The lowest BCUT2D eigenvalue weighted by Crippen LogP contribution is -2.41. The number of halogens is 1.